The molecule has 0 bridgehead atoms. The van der Waals surface area contributed by atoms with E-state index in [1.54, 1.807) is 13.0 Å². The second-order valence-electron chi connectivity index (χ2n) is 3.79. The molecule has 0 spiro atoms. The van der Waals surface area contributed by atoms with Gasteiger partial charge in [0.25, 0.3) is 5.91 Å². The second-order valence-corrected chi connectivity index (χ2v) is 3.79. The highest BCUT2D eigenvalue weighted by atomic mass is 16.5. The molecule has 1 heterocycles. The van der Waals surface area contributed by atoms with Crippen LogP contribution in [-0.4, -0.2) is 37.2 Å². The number of hydrogen-bond acceptors (Lipinski definition) is 3. The van der Waals surface area contributed by atoms with Gasteiger partial charge in [0.1, 0.15) is 0 Å². The highest BCUT2D eigenvalue weighted by molar-refractivity contribution is 5.85. The predicted molar refractivity (Wildman–Crippen MR) is 55.0 cm³/mol. The quantitative estimate of drug-likeness (QED) is 0.630. The van der Waals surface area contributed by atoms with Crippen molar-refractivity contribution in [3.8, 4) is 0 Å². The molecule has 1 rings (SSSR count). The van der Waals surface area contributed by atoms with Gasteiger partial charge in [0.2, 0.25) is 0 Å². The summed E-state index contributed by atoms with van der Waals surface area (Å²) in [6, 6.07) is 0. The summed E-state index contributed by atoms with van der Waals surface area (Å²) in [5, 5.41) is 5.91. The summed E-state index contributed by atoms with van der Waals surface area (Å²) in [6.07, 6.45) is 1.73. The average molecular weight is 198 g/mol. The topological polar surface area (TPSA) is 50.4 Å². The molecular formula is C10H18N2O2. The number of morpholine rings is 1. The van der Waals surface area contributed by atoms with Crippen molar-refractivity contribution in [2.45, 2.75) is 25.6 Å². The van der Waals surface area contributed by atoms with Crippen molar-refractivity contribution in [1.82, 2.24) is 10.6 Å². The predicted octanol–water partition coefficient (Wildman–Crippen LogP) is 0.0556. The Morgan fingerprint density at radius 2 is 2.57 bits per heavy atom. The van der Waals surface area contributed by atoms with E-state index >= 15 is 0 Å². The van der Waals surface area contributed by atoms with Crippen LogP contribution in [0.4, 0.5) is 0 Å². The normalized spacial score (nSPS) is 32.3. The van der Waals surface area contributed by atoms with Crippen molar-refractivity contribution in [3.63, 3.8) is 0 Å². The summed E-state index contributed by atoms with van der Waals surface area (Å²) in [7, 11) is 0. The third kappa shape index (κ3) is 2.56. The maximum atomic E-state index is 11.7. The van der Waals surface area contributed by atoms with Crippen LogP contribution in [0.15, 0.2) is 12.7 Å². The van der Waals surface area contributed by atoms with Crippen LogP contribution in [0.25, 0.3) is 0 Å². The molecule has 0 aromatic rings. The number of ether oxygens (including phenoxy) is 1. The monoisotopic (exact) mass is 198 g/mol. The highest BCUT2D eigenvalue weighted by Gasteiger charge is 2.38. The molecular weight excluding hydrogens is 180 g/mol. The Morgan fingerprint density at radius 3 is 3.14 bits per heavy atom. The van der Waals surface area contributed by atoms with Crippen LogP contribution >= 0.6 is 0 Å². The highest BCUT2D eigenvalue weighted by Crippen LogP contribution is 2.16. The van der Waals surface area contributed by atoms with E-state index in [-0.39, 0.29) is 12.0 Å². The largest absolute Gasteiger partial charge is 0.360 e. The minimum absolute atomic E-state index is 0.0724. The molecule has 1 aliphatic rings. The van der Waals surface area contributed by atoms with Crippen molar-refractivity contribution < 1.29 is 9.53 Å². The Bertz CT molecular complexity index is 230. The second kappa shape index (κ2) is 4.57. The molecule has 2 atom stereocenters. The third-order valence-electron chi connectivity index (χ3n) is 2.24. The van der Waals surface area contributed by atoms with Gasteiger partial charge in [0.15, 0.2) is 5.60 Å². The van der Waals surface area contributed by atoms with Gasteiger partial charge in [-0.1, -0.05) is 6.08 Å². The van der Waals surface area contributed by atoms with Gasteiger partial charge in [0.05, 0.1) is 6.10 Å². The van der Waals surface area contributed by atoms with Crippen LogP contribution in [0.3, 0.4) is 0 Å². The van der Waals surface area contributed by atoms with Crippen molar-refractivity contribution >= 4 is 5.91 Å². The zero-order valence-corrected chi connectivity index (χ0v) is 8.80. The molecule has 1 aliphatic heterocycles. The van der Waals surface area contributed by atoms with Crippen LogP contribution in [-0.2, 0) is 9.53 Å². The van der Waals surface area contributed by atoms with Gasteiger partial charge in [-0.15, -0.1) is 6.58 Å². The number of carbonyl (C=O) groups is 1. The van der Waals surface area contributed by atoms with Crippen LogP contribution in [0, 0.1) is 0 Å². The number of hydrogen-bond donors (Lipinski definition) is 2. The molecule has 2 N–H and O–H groups in total. The average Bonchev–Trinajstić information content (AvgIpc) is 2.13. The molecule has 0 saturated carbocycles. The van der Waals surface area contributed by atoms with Crippen LogP contribution in [0.2, 0.25) is 0 Å². The van der Waals surface area contributed by atoms with Gasteiger partial charge in [0, 0.05) is 19.6 Å². The fraction of sp³-hybridized carbons (Fsp3) is 0.700. The summed E-state index contributed by atoms with van der Waals surface area (Å²) < 4.78 is 5.62. The van der Waals surface area contributed by atoms with Gasteiger partial charge < -0.3 is 15.4 Å². The zero-order valence-electron chi connectivity index (χ0n) is 8.80. The summed E-state index contributed by atoms with van der Waals surface area (Å²) >= 11 is 0. The van der Waals surface area contributed by atoms with Gasteiger partial charge in [-0.05, 0) is 13.8 Å². The summed E-state index contributed by atoms with van der Waals surface area (Å²) in [4.78, 5) is 11.7. The number of nitrogens with one attached hydrogen (secondary N) is 2. The first kappa shape index (κ1) is 11.2. The molecule has 0 radical (unpaired) electrons. The summed E-state index contributed by atoms with van der Waals surface area (Å²) in [5.41, 5.74) is -0.749. The molecule has 0 aliphatic carbocycles. The Labute approximate surface area is 84.7 Å². The summed E-state index contributed by atoms with van der Waals surface area (Å²) in [6.45, 7) is 9.12. The molecule has 14 heavy (non-hydrogen) atoms. The lowest BCUT2D eigenvalue weighted by atomic mass is 10.0. The zero-order chi connectivity index (χ0) is 10.6. The first-order chi connectivity index (χ1) is 6.58. The molecule has 80 valence electrons. The van der Waals surface area contributed by atoms with Gasteiger partial charge in [-0.2, -0.15) is 0 Å². The summed E-state index contributed by atoms with van der Waals surface area (Å²) in [5.74, 6) is -0.0866. The third-order valence-corrected chi connectivity index (χ3v) is 2.24. The molecule has 0 aromatic heterocycles. The molecule has 4 heteroatoms. The van der Waals surface area contributed by atoms with Gasteiger partial charge in [-0.3, -0.25) is 4.79 Å². The van der Waals surface area contributed by atoms with Crippen molar-refractivity contribution in [3.05, 3.63) is 12.7 Å². The lowest BCUT2D eigenvalue weighted by Crippen LogP contribution is -2.59. The number of carbonyl (C=O) groups excluding carboxylic acids is 1. The first-order valence-electron chi connectivity index (χ1n) is 4.86. The molecule has 1 saturated heterocycles. The number of amides is 1. The Morgan fingerprint density at radius 1 is 1.86 bits per heavy atom. The van der Waals surface area contributed by atoms with Crippen molar-refractivity contribution in [1.29, 1.82) is 0 Å². The van der Waals surface area contributed by atoms with E-state index in [1.807, 2.05) is 6.92 Å². The smallest absolute Gasteiger partial charge is 0.253 e. The molecule has 1 amide bonds. The van der Waals surface area contributed by atoms with E-state index in [2.05, 4.69) is 17.2 Å². The maximum Gasteiger partial charge on any atom is 0.253 e. The van der Waals surface area contributed by atoms with E-state index < -0.39 is 5.60 Å². The number of rotatable bonds is 3. The Kier molecular flexibility index (Phi) is 3.66. The lowest BCUT2D eigenvalue weighted by molar-refractivity contribution is -0.156. The van der Waals surface area contributed by atoms with Crippen LogP contribution in [0.1, 0.15) is 13.8 Å². The SMILES string of the molecule is C=CCNC(=O)C1(C)CNCC(C)O1. The van der Waals surface area contributed by atoms with E-state index in [1.165, 1.54) is 0 Å². The van der Waals surface area contributed by atoms with Crippen molar-refractivity contribution in [2.24, 2.45) is 0 Å². The molecule has 4 nitrogen and oxygen atoms in total. The molecule has 2 unspecified atom stereocenters. The van der Waals surface area contributed by atoms with Crippen LogP contribution in [0.5, 0.6) is 0 Å². The van der Waals surface area contributed by atoms with E-state index in [4.69, 9.17) is 4.74 Å². The van der Waals surface area contributed by atoms with Gasteiger partial charge in [-0.25, -0.2) is 0 Å². The van der Waals surface area contributed by atoms with E-state index in [0.717, 1.165) is 6.54 Å². The minimum atomic E-state index is -0.749. The lowest BCUT2D eigenvalue weighted by Gasteiger charge is -2.36. The Balaban J connectivity index is 2.54. The first-order valence-corrected chi connectivity index (χ1v) is 4.86. The van der Waals surface area contributed by atoms with E-state index in [0.29, 0.717) is 13.1 Å². The van der Waals surface area contributed by atoms with Crippen LogP contribution < -0.4 is 10.6 Å². The van der Waals surface area contributed by atoms with E-state index in [9.17, 15) is 4.79 Å². The van der Waals surface area contributed by atoms with Gasteiger partial charge >= 0.3 is 0 Å². The maximum absolute atomic E-state index is 11.7. The van der Waals surface area contributed by atoms with Crippen molar-refractivity contribution in [2.75, 3.05) is 19.6 Å². The minimum Gasteiger partial charge on any atom is -0.360 e. The standard InChI is InChI=1S/C10H18N2O2/c1-4-5-12-9(13)10(3)7-11-6-8(2)14-10/h4,8,11H,1,5-7H2,2-3H3,(H,12,13). The molecule has 0 aromatic carbocycles. The molecule has 1 fully saturated rings. The fourth-order valence-electron chi connectivity index (χ4n) is 1.53. The fourth-order valence-corrected chi connectivity index (χ4v) is 1.53. The Hall–Kier alpha value is -0.870.